The maximum absolute atomic E-state index is 12.2. The van der Waals surface area contributed by atoms with Crippen LogP contribution in [0.4, 0.5) is 11.6 Å². The Hall–Kier alpha value is -3.52. The summed E-state index contributed by atoms with van der Waals surface area (Å²) in [5.41, 5.74) is 3.12. The van der Waals surface area contributed by atoms with Crippen molar-refractivity contribution in [1.29, 1.82) is 0 Å². The summed E-state index contributed by atoms with van der Waals surface area (Å²) in [6, 6.07) is 7.61. The minimum atomic E-state index is 0.0114. The van der Waals surface area contributed by atoms with E-state index in [0.717, 1.165) is 40.3 Å². The maximum atomic E-state index is 12.2. The number of carbonyl (C=O) groups is 1. The van der Waals surface area contributed by atoms with E-state index in [1.54, 1.807) is 26.6 Å². The number of anilines is 2. The second kappa shape index (κ2) is 7.38. The predicted molar refractivity (Wildman–Crippen MR) is 114 cm³/mol. The van der Waals surface area contributed by atoms with Crippen molar-refractivity contribution in [1.82, 2.24) is 15.0 Å². The van der Waals surface area contributed by atoms with Crippen molar-refractivity contribution < 1.29 is 13.9 Å². The van der Waals surface area contributed by atoms with Crippen molar-refractivity contribution in [2.45, 2.75) is 19.4 Å². The molecule has 30 heavy (non-hydrogen) atoms. The number of aromatic nitrogens is 3. The van der Waals surface area contributed by atoms with E-state index in [2.05, 4.69) is 20.6 Å². The number of hydrogen-bond donors (Lipinski definition) is 2. The zero-order chi connectivity index (χ0) is 20.7. The lowest BCUT2D eigenvalue weighted by molar-refractivity contribution is -0.117. The Morgan fingerprint density at radius 2 is 2.10 bits per heavy atom. The molecule has 8 heteroatoms. The molecular formula is C22H21N5O3. The SMILES string of the molecule is CNc1ncc(-c2nc3c(COC)cccc3o2)c2cc(NC(=O)C3CC3)ncc12. The van der Waals surface area contributed by atoms with E-state index in [4.69, 9.17) is 14.1 Å². The smallest absolute Gasteiger partial charge is 0.229 e. The summed E-state index contributed by atoms with van der Waals surface area (Å²) in [6.07, 6.45) is 5.30. The summed E-state index contributed by atoms with van der Waals surface area (Å²) in [7, 11) is 3.46. The van der Waals surface area contributed by atoms with Crippen LogP contribution in [0.5, 0.6) is 0 Å². The first-order valence-corrected chi connectivity index (χ1v) is 9.83. The number of hydrogen-bond acceptors (Lipinski definition) is 7. The van der Waals surface area contributed by atoms with Gasteiger partial charge in [0.2, 0.25) is 11.8 Å². The average Bonchev–Trinajstić information content (AvgIpc) is 3.52. The van der Waals surface area contributed by atoms with Gasteiger partial charge in [-0.2, -0.15) is 0 Å². The molecule has 0 spiro atoms. The highest BCUT2D eigenvalue weighted by Gasteiger charge is 2.30. The molecule has 8 nitrogen and oxygen atoms in total. The molecular weight excluding hydrogens is 382 g/mol. The molecule has 1 aromatic carbocycles. The first-order valence-electron chi connectivity index (χ1n) is 9.83. The van der Waals surface area contributed by atoms with Gasteiger partial charge in [0.05, 0.1) is 12.2 Å². The highest BCUT2D eigenvalue weighted by molar-refractivity contribution is 6.03. The zero-order valence-corrected chi connectivity index (χ0v) is 16.7. The standard InChI is InChI=1S/C22H21N5O3/c1-23-20-15-9-24-18(26-21(28)12-6-7-12)8-14(15)16(10-25-20)22-27-19-13(11-29-2)4-3-5-17(19)30-22/h3-5,8-10,12H,6-7,11H2,1-2H3,(H,23,25)(H,24,26,28). The topological polar surface area (TPSA) is 102 Å². The van der Waals surface area contributed by atoms with Gasteiger partial charge in [-0.25, -0.2) is 15.0 Å². The number of rotatable bonds is 6. The van der Waals surface area contributed by atoms with Crippen LogP contribution >= 0.6 is 0 Å². The highest BCUT2D eigenvalue weighted by atomic mass is 16.5. The van der Waals surface area contributed by atoms with Crippen molar-refractivity contribution >= 4 is 39.4 Å². The predicted octanol–water partition coefficient (Wildman–Crippen LogP) is 3.97. The number of oxazole rings is 1. The van der Waals surface area contributed by atoms with Gasteiger partial charge in [-0.1, -0.05) is 12.1 Å². The van der Waals surface area contributed by atoms with Crippen LogP contribution < -0.4 is 10.6 Å². The number of methoxy groups -OCH3 is 1. The van der Waals surface area contributed by atoms with Crippen molar-refractivity contribution in [3.63, 3.8) is 0 Å². The Kier molecular flexibility index (Phi) is 4.55. The molecule has 4 aromatic rings. The number of para-hydroxylation sites is 1. The molecule has 0 unspecified atom stereocenters. The fourth-order valence-electron chi connectivity index (χ4n) is 3.54. The molecule has 2 N–H and O–H groups in total. The van der Waals surface area contributed by atoms with Gasteiger partial charge in [0.1, 0.15) is 17.2 Å². The summed E-state index contributed by atoms with van der Waals surface area (Å²) in [5, 5.41) is 7.65. The normalized spacial score (nSPS) is 13.7. The van der Waals surface area contributed by atoms with E-state index in [1.807, 2.05) is 24.3 Å². The van der Waals surface area contributed by atoms with Crippen LogP contribution in [0, 0.1) is 5.92 Å². The number of ether oxygens (including phenoxy) is 1. The quantitative estimate of drug-likeness (QED) is 0.502. The van der Waals surface area contributed by atoms with Gasteiger partial charge in [0.15, 0.2) is 5.58 Å². The van der Waals surface area contributed by atoms with Crippen LogP contribution in [0.2, 0.25) is 0 Å². The first-order chi connectivity index (χ1) is 14.7. The minimum Gasteiger partial charge on any atom is -0.436 e. The molecule has 1 amide bonds. The molecule has 152 valence electrons. The molecule has 0 aliphatic heterocycles. The van der Waals surface area contributed by atoms with E-state index in [-0.39, 0.29) is 11.8 Å². The van der Waals surface area contributed by atoms with E-state index in [0.29, 0.717) is 29.7 Å². The van der Waals surface area contributed by atoms with Gasteiger partial charge in [0.25, 0.3) is 0 Å². The summed E-state index contributed by atoms with van der Waals surface area (Å²) in [6.45, 7) is 0.447. The lowest BCUT2D eigenvalue weighted by Gasteiger charge is -2.10. The molecule has 1 saturated carbocycles. The lowest BCUT2D eigenvalue weighted by Crippen LogP contribution is -2.14. The van der Waals surface area contributed by atoms with Crippen molar-refractivity contribution in [2.75, 3.05) is 24.8 Å². The molecule has 1 aliphatic rings. The highest BCUT2D eigenvalue weighted by Crippen LogP contribution is 2.35. The second-order valence-electron chi connectivity index (χ2n) is 7.37. The average molecular weight is 403 g/mol. The van der Waals surface area contributed by atoms with Crippen molar-refractivity contribution in [3.8, 4) is 11.5 Å². The minimum absolute atomic E-state index is 0.0114. The number of nitrogens with zero attached hydrogens (tertiary/aromatic N) is 3. The third kappa shape index (κ3) is 3.25. The second-order valence-corrected chi connectivity index (χ2v) is 7.37. The molecule has 0 radical (unpaired) electrons. The monoisotopic (exact) mass is 403 g/mol. The number of fused-ring (bicyclic) bond motifs is 2. The largest absolute Gasteiger partial charge is 0.436 e. The molecule has 1 fully saturated rings. The van der Waals surface area contributed by atoms with Crippen molar-refractivity contribution in [3.05, 3.63) is 42.2 Å². The Morgan fingerprint density at radius 3 is 2.87 bits per heavy atom. The molecule has 3 heterocycles. The lowest BCUT2D eigenvalue weighted by atomic mass is 10.1. The maximum Gasteiger partial charge on any atom is 0.229 e. The van der Waals surface area contributed by atoms with E-state index in [1.165, 1.54) is 0 Å². The van der Waals surface area contributed by atoms with Crippen LogP contribution in [0.1, 0.15) is 18.4 Å². The van der Waals surface area contributed by atoms with Gasteiger partial charge in [-0.15, -0.1) is 0 Å². The fraction of sp³-hybridized carbons (Fsp3) is 0.273. The molecule has 3 aromatic heterocycles. The Balaban J connectivity index is 1.65. The molecule has 0 atom stereocenters. The Labute approximate surface area is 172 Å². The molecule has 0 bridgehead atoms. The third-order valence-electron chi connectivity index (χ3n) is 5.24. The fourth-order valence-corrected chi connectivity index (χ4v) is 3.54. The summed E-state index contributed by atoms with van der Waals surface area (Å²) in [4.78, 5) is 25.8. The van der Waals surface area contributed by atoms with Gasteiger partial charge in [-0.3, -0.25) is 4.79 Å². The van der Waals surface area contributed by atoms with E-state index >= 15 is 0 Å². The van der Waals surface area contributed by atoms with Crippen LogP contribution in [-0.4, -0.2) is 35.0 Å². The summed E-state index contributed by atoms with van der Waals surface area (Å²) in [5.74, 6) is 1.77. The van der Waals surface area contributed by atoms with Crippen molar-refractivity contribution in [2.24, 2.45) is 5.92 Å². The number of amides is 1. The van der Waals surface area contributed by atoms with Gasteiger partial charge in [0, 0.05) is 48.8 Å². The molecule has 1 aliphatic carbocycles. The Morgan fingerprint density at radius 1 is 1.23 bits per heavy atom. The number of pyridine rings is 2. The van der Waals surface area contributed by atoms with Gasteiger partial charge < -0.3 is 19.8 Å². The number of nitrogens with one attached hydrogen (secondary N) is 2. The number of carbonyl (C=O) groups excluding carboxylic acids is 1. The number of benzene rings is 1. The summed E-state index contributed by atoms with van der Waals surface area (Å²) < 4.78 is 11.3. The van der Waals surface area contributed by atoms with Crippen LogP contribution in [0.15, 0.2) is 41.1 Å². The van der Waals surface area contributed by atoms with E-state index < -0.39 is 0 Å². The first kappa shape index (κ1) is 18.5. The van der Waals surface area contributed by atoms with Crippen LogP contribution in [0.3, 0.4) is 0 Å². The molecule has 0 saturated heterocycles. The zero-order valence-electron chi connectivity index (χ0n) is 16.7. The Bertz CT molecular complexity index is 1260. The van der Waals surface area contributed by atoms with Crippen LogP contribution in [-0.2, 0) is 16.1 Å². The third-order valence-corrected chi connectivity index (χ3v) is 5.24. The van der Waals surface area contributed by atoms with Gasteiger partial charge >= 0.3 is 0 Å². The summed E-state index contributed by atoms with van der Waals surface area (Å²) >= 11 is 0. The van der Waals surface area contributed by atoms with E-state index in [9.17, 15) is 4.79 Å². The molecule has 5 rings (SSSR count). The van der Waals surface area contributed by atoms with Crippen LogP contribution in [0.25, 0.3) is 33.3 Å². The van der Waals surface area contributed by atoms with Gasteiger partial charge in [-0.05, 0) is 25.0 Å².